The lowest BCUT2D eigenvalue weighted by Crippen LogP contribution is -2.54. The van der Waals surface area contributed by atoms with Gasteiger partial charge in [0.25, 0.3) is 11.8 Å². The van der Waals surface area contributed by atoms with Crippen LogP contribution in [0, 0.1) is 0 Å². The Hall–Kier alpha value is -5.05. The molecular weight excluding hydrogens is 446 g/mol. The summed E-state index contributed by atoms with van der Waals surface area (Å²) in [6.07, 6.45) is 6.01. The van der Waals surface area contributed by atoms with Crippen LogP contribution in [0.5, 0.6) is 0 Å². The van der Waals surface area contributed by atoms with E-state index in [1.807, 2.05) is 42.5 Å². The van der Waals surface area contributed by atoms with E-state index in [9.17, 15) is 19.2 Å². The van der Waals surface area contributed by atoms with E-state index in [-0.39, 0.29) is 23.7 Å². The highest BCUT2D eigenvalue weighted by Gasteiger charge is 2.37. The van der Waals surface area contributed by atoms with E-state index in [4.69, 9.17) is 0 Å². The Morgan fingerprint density at radius 2 is 1.74 bits per heavy atom. The van der Waals surface area contributed by atoms with Gasteiger partial charge in [0, 0.05) is 34.5 Å². The van der Waals surface area contributed by atoms with Gasteiger partial charge in [0.05, 0.1) is 11.9 Å². The zero-order valence-corrected chi connectivity index (χ0v) is 18.3. The van der Waals surface area contributed by atoms with Gasteiger partial charge in [0.15, 0.2) is 0 Å². The van der Waals surface area contributed by atoms with Crippen molar-refractivity contribution in [3.63, 3.8) is 0 Å². The van der Waals surface area contributed by atoms with Gasteiger partial charge in [-0.25, -0.2) is 9.69 Å². The summed E-state index contributed by atoms with van der Waals surface area (Å²) in [6.45, 7) is 0.0268. The first-order valence-electron chi connectivity index (χ1n) is 10.8. The van der Waals surface area contributed by atoms with Gasteiger partial charge < -0.3 is 9.88 Å². The maximum Gasteiger partial charge on any atom is 0.336 e. The molecule has 5 amide bonds. The zero-order chi connectivity index (χ0) is 24.4. The monoisotopic (exact) mass is 465 g/mol. The number of carbonyl (C=O) groups is 4. The molecule has 9 heteroatoms. The molecule has 0 spiro atoms. The molecule has 1 aliphatic rings. The molecule has 5 rings (SSSR count). The molecule has 35 heavy (non-hydrogen) atoms. The second-order valence-corrected chi connectivity index (χ2v) is 7.81. The summed E-state index contributed by atoms with van der Waals surface area (Å²) in [4.78, 5) is 55.6. The summed E-state index contributed by atoms with van der Waals surface area (Å²) < 4.78 is 1.75. The molecular formula is C26H19N5O4. The molecule has 9 nitrogen and oxygen atoms in total. The lowest BCUT2D eigenvalue weighted by atomic mass is 10.1. The van der Waals surface area contributed by atoms with Gasteiger partial charge in [-0.05, 0) is 36.4 Å². The normalized spacial score (nSPS) is 14.9. The summed E-state index contributed by atoms with van der Waals surface area (Å²) in [7, 11) is 0. The molecule has 2 N–H and O–H groups in total. The van der Waals surface area contributed by atoms with Crippen LogP contribution in [-0.2, 0) is 20.9 Å². The molecule has 0 aliphatic carbocycles. The molecule has 2 aromatic heterocycles. The smallest absolute Gasteiger partial charge is 0.336 e. The third-order valence-electron chi connectivity index (χ3n) is 5.50. The Morgan fingerprint density at radius 3 is 2.51 bits per heavy atom. The van der Waals surface area contributed by atoms with E-state index < -0.39 is 17.8 Å². The van der Waals surface area contributed by atoms with Crippen LogP contribution < -0.4 is 15.5 Å². The highest BCUT2D eigenvalue weighted by atomic mass is 16.2. The SMILES string of the molecule is O=C(Cn1cc(/C=C2\C(=O)NC(=O)N(c3cccnc3)C2=O)c2ccccc21)Nc1ccccc1. The molecule has 0 atom stereocenters. The first kappa shape index (κ1) is 21.8. The minimum Gasteiger partial charge on any atom is -0.337 e. The maximum atomic E-state index is 13.2. The molecule has 3 heterocycles. The predicted molar refractivity (Wildman–Crippen MR) is 130 cm³/mol. The van der Waals surface area contributed by atoms with Crippen molar-refractivity contribution in [3.8, 4) is 0 Å². The van der Waals surface area contributed by atoms with E-state index in [1.165, 1.54) is 18.5 Å². The molecule has 0 bridgehead atoms. The fraction of sp³-hybridized carbons (Fsp3) is 0.0385. The molecule has 2 aromatic carbocycles. The number of aromatic nitrogens is 2. The fourth-order valence-corrected chi connectivity index (χ4v) is 3.93. The predicted octanol–water partition coefficient (Wildman–Crippen LogP) is 3.34. The van der Waals surface area contributed by atoms with Crippen LogP contribution in [0.25, 0.3) is 17.0 Å². The van der Waals surface area contributed by atoms with Crippen molar-refractivity contribution < 1.29 is 19.2 Å². The molecule has 1 saturated heterocycles. The number of amides is 5. The number of barbiturate groups is 1. The highest BCUT2D eigenvalue weighted by molar-refractivity contribution is 6.39. The number of pyridine rings is 1. The lowest BCUT2D eigenvalue weighted by molar-refractivity contribution is -0.122. The minimum atomic E-state index is -0.842. The Labute approximate surface area is 199 Å². The number of urea groups is 1. The highest BCUT2D eigenvalue weighted by Crippen LogP contribution is 2.26. The van der Waals surface area contributed by atoms with Crippen molar-refractivity contribution in [3.05, 3.63) is 96.5 Å². The number of fused-ring (bicyclic) bond motifs is 1. The van der Waals surface area contributed by atoms with Crippen LogP contribution in [0.1, 0.15) is 5.56 Å². The number of anilines is 2. The van der Waals surface area contributed by atoms with E-state index in [0.717, 1.165) is 15.8 Å². The molecule has 1 fully saturated rings. The lowest BCUT2D eigenvalue weighted by Gasteiger charge is -2.25. The van der Waals surface area contributed by atoms with Gasteiger partial charge >= 0.3 is 6.03 Å². The summed E-state index contributed by atoms with van der Waals surface area (Å²) in [5, 5.41) is 5.80. The van der Waals surface area contributed by atoms with Crippen molar-refractivity contribution in [1.82, 2.24) is 14.9 Å². The Kier molecular flexibility index (Phi) is 5.64. The number of hydrogen-bond acceptors (Lipinski definition) is 5. The van der Waals surface area contributed by atoms with Crippen LogP contribution in [0.15, 0.2) is 90.9 Å². The van der Waals surface area contributed by atoms with Crippen molar-refractivity contribution in [2.24, 2.45) is 0 Å². The van der Waals surface area contributed by atoms with Crippen molar-refractivity contribution in [2.75, 3.05) is 10.2 Å². The Bertz CT molecular complexity index is 1490. The van der Waals surface area contributed by atoms with Crippen molar-refractivity contribution >= 4 is 52.1 Å². The number of para-hydroxylation sites is 2. The van der Waals surface area contributed by atoms with Crippen LogP contribution in [0.2, 0.25) is 0 Å². The van der Waals surface area contributed by atoms with Crippen molar-refractivity contribution in [1.29, 1.82) is 0 Å². The summed E-state index contributed by atoms with van der Waals surface area (Å²) >= 11 is 0. The van der Waals surface area contributed by atoms with Gasteiger partial charge in [-0.2, -0.15) is 0 Å². The van der Waals surface area contributed by atoms with Crippen LogP contribution in [0.3, 0.4) is 0 Å². The topological polar surface area (TPSA) is 113 Å². The second-order valence-electron chi connectivity index (χ2n) is 7.81. The minimum absolute atomic E-state index is 0.0268. The molecule has 0 saturated carbocycles. The summed E-state index contributed by atoms with van der Waals surface area (Å²) in [5.74, 6) is -1.78. The third kappa shape index (κ3) is 4.30. The number of nitrogens with zero attached hydrogens (tertiary/aromatic N) is 3. The zero-order valence-electron chi connectivity index (χ0n) is 18.3. The van der Waals surface area contributed by atoms with Gasteiger partial charge in [0.1, 0.15) is 12.1 Å². The first-order valence-corrected chi connectivity index (χ1v) is 10.8. The van der Waals surface area contributed by atoms with Crippen LogP contribution >= 0.6 is 0 Å². The largest absolute Gasteiger partial charge is 0.337 e. The molecule has 0 radical (unpaired) electrons. The van der Waals surface area contributed by atoms with E-state index in [1.54, 1.807) is 35.0 Å². The maximum absolute atomic E-state index is 13.2. The van der Waals surface area contributed by atoms with Crippen molar-refractivity contribution in [2.45, 2.75) is 6.54 Å². The van der Waals surface area contributed by atoms with Gasteiger partial charge in [0.2, 0.25) is 5.91 Å². The van der Waals surface area contributed by atoms with Gasteiger partial charge in [-0.3, -0.25) is 24.7 Å². The first-order chi connectivity index (χ1) is 17.0. The van der Waals surface area contributed by atoms with E-state index >= 15 is 0 Å². The standard InChI is InChI=1S/C26H19N5O4/c32-23(28-18-7-2-1-3-8-18)16-30-15-17(20-10-4-5-11-22(20)30)13-21-24(33)29-26(35)31(25(21)34)19-9-6-12-27-14-19/h1-15H,16H2,(H,28,32)(H,29,33,35)/b21-13+. The quantitative estimate of drug-likeness (QED) is 0.347. The number of imide groups is 2. The Morgan fingerprint density at radius 1 is 0.971 bits per heavy atom. The Balaban J connectivity index is 1.49. The fourth-order valence-electron chi connectivity index (χ4n) is 3.93. The van der Waals surface area contributed by atoms with Gasteiger partial charge in [-0.15, -0.1) is 0 Å². The number of nitrogens with one attached hydrogen (secondary N) is 2. The van der Waals surface area contributed by atoms with Gasteiger partial charge in [-0.1, -0.05) is 36.4 Å². The third-order valence-corrected chi connectivity index (χ3v) is 5.50. The number of benzene rings is 2. The van der Waals surface area contributed by atoms with Crippen LogP contribution in [0.4, 0.5) is 16.2 Å². The number of rotatable bonds is 5. The number of carbonyl (C=O) groups excluding carboxylic acids is 4. The number of hydrogen-bond donors (Lipinski definition) is 2. The second kappa shape index (κ2) is 9.06. The molecule has 1 aliphatic heterocycles. The average Bonchev–Trinajstić information content (AvgIpc) is 3.20. The summed E-state index contributed by atoms with van der Waals surface area (Å²) in [5.41, 5.74) is 2.04. The van der Waals surface area contributed by atoms with E-state index in [0.29, 0.717) is 11.3 Å². The molecule has 4 aromatic rings. The molecule has 172 valence electrons. The average molecular weight is 465 g/mol. The summed E-state index contributed by atoms with van der Waals surface area (Å²) in [6, 6.07) is 18.8. The van der Waals surface area contributed by atoms with E-state index in [2.05, 4.69) is 15.6 Å². The molecule has 0 unspecified atom stereocenters. The van der Waals surface area contributed by atoms with Crippen LogP contribution in [-0.4, -0.2) is 33.3 Å².